The van der Waals surface area contributed by atoms with Crippen LogP contribution in [0.5, 0.6) is 0 Å². The van der Waals surface area contributed by atoms with Gasteiger partial charge in [0.2, 0.25) is 0 Å². The molecule has 0 saturated heterocycles. The van der Waals surface area contributed by atoms with Crippen molar-refractivity contribution in [2.24, 2.45) is 5.92 Å². The molecular weight excluding hydrogens is 252 g/mol. The SMILES string of the molecule is Cc1ccc(Cl)cc1.Cc1ccccc1CC(C)C. The highest BCUT2D eigenvalue weighted by molar-refractivity contribution is 6.30. The zero-order valence-corrected chi connectivity index (χ0v) is 13.0. The van der Waals surface area contributed by atoms with Gasteiger partial charge < -0.3 is 0 Å². The molecule has 1 heteroatoms. The maximum atomic E-state index is 5.61. The highest BCUT2D eigenvalue weighted by Crippen LogP contribution is 2.12. The molecule has 0 amide bonds. The van der Waals surface area contributed by atoms with Crippen molar-refractivity contribution in [2.75, 3.05) is 0 Å². The van der Waals surface area contributed by atoms with Crippen molar-refractivity contribution in [3.8, 4) is 0 Å². The molecule has 102 valence electrons. The molecule has 0 radical (unpaired) electrons. The van der Waals surface area contributed by atoms with Crippen LogP contribution in [0, 0.1) is 19.8 Å². The van der Waals surface area contributed by atoms with Crippen LogP contribution >= 0.6 is 11.6 Å². The molecule has 0 N–H and O–H groups in total. The van der Waals surface area contributed by atoms with Gasteiger partial charge in [0, 0.05) is 5.02 Å². The van der Waals surface area contributed by atoms with Crippen LogP contribution in [0.15, 0.2) is 48.5 Å². The monoisotopic (exact) mass is 274 g/mol. The molecule has 0 aliphatic carbocycles. The van der Waals surface area contributed by atoms with Gasteiger partial charge in [0.25, 0.3) is 0 Å². The minimum Gasteiger partial charge on any atom is -0.0843 e. The van der Waals surface area contributed by atoms with Crippen LogP contribution in [0.3, 0.4) is 0 Å². The third-order valence-electron chi connectivity index (χ3n) is 2.90. The van der Waals surface area contributed by atoms with E-state index in [4.69, 9.17) is 11.6 Å². The quantitative estimate of drug-likeness (QED) is 0.645. The summed E-state index contributed by atoms with van der Waals surface area (Å²) in [6.07, 6.45) is 1.20. The van der Waals surface area contributed by atoms with Gasteiger partial charge in [-0.2, -0.15) is 0 Å². The van der Waals surface area contributed by atoms with Crippen LogP contribution in [-0.4, -0.2) is 0 Å². The molecule has 0 aliphatic rings. The Kier molecular flexibility index (Phi) is 6.66. The first-order valence-corrected chi connectivity index (χ1v) is 7.13. The van der Waals surface area contributed by atoms with Gasteiger partial charge in [-0.1, -0.05) is 67.4 Å². The molecule has 0 heterocycles. The van der Waals surface area contributed by atoms with Crippen molar-refractivity contribution >= 4 is 11.6 Å². The number of halogens is 1. The summed E-state index contributed by atoms with van der Waals surface area (Å²) in [5.74, 6) is 0.760. The van der Waals surface area contributed by atoms with E-state index in [1.54, 1.807) is 0 Å². The van der Waals surface area contributed by atoms with Gasteiger partial charge >= 0.3 is 0 Å². The second-order valence-corrected chi connectivity index (χ2v) is 5.76. The van der Waals surface area contributed by atoms with Gasteiger partial charge in [0.05, 0.1) is 0 Å². The summed E-state index contributed by atoms with van der Waals surface area (Å²) in [6.45, 7) is 8.73. The summed E-state index contributed by atoms with van der Waals surface area (Å²) in [5, 5.41) is 0.801. The Labute approximate surface area is 122 Å². The fraction of sp³-hybridized carbons (Fsp3) is 0.333. The van der Waals surface area contributed by atoms with Crippen molar-refractivity contribution in [3.63, 3.8) is 0 Å². The van der Waals surface area contributed by atoms with Gasteiger partial charge in [-0.15, -0.1) is 0 Å². The van der Waals surface area contributed by atoms with E-state index in [0.717, 1.165) is 10.9 Å². The average Bonchev–Trinajstić information content (AvgIpc) is 2.36. The van der Waals surface area contributed by atoms with Gasteiger partial charge in [-0.05, 0) is 49.4 Å². The molecule has 0 unspecified atom stereocenters. The summed E-state index contributed by atoms with van der Waals surface area (Å²) >= 11 is 5.61. The minimum absolute atomic E-state index is 0.760. The molecule has 2 aromatic carbocycles. The lowest BCUT2D eigenvalue weighted by Gasteiger charge is -2.07. The Morgan fingerprint density at radius 1 is 0.895 bits per heavy atom. The maximum absolute atomic E-state index is 5.61. The van der Waals surface area contributed by atoms with E-state index in [1.807, 2.05) is 31.2 Å². The molecule has 2 rings (SSSR count). The van der Waals surface area contributed by atoms with Gasteiger partial charge in [-0.25, -0.2) is 0 Å². The predicted molar refractivity (Wildman–Crippen MR) is 85.9 cm³/mol. The van der Waals surface area contributed by atoms with E-state index in [2.05, 4.69) is 45.0 Å². The van der Waals surface area contributed by atoms with E-state index in [9.17, 15) is 0 Å². The third kappa shape index (κ3) is 6.45. The van der Waals surface area contributed by atoms with Gasteiger partial charge in [0.15, 0.2) is 0 Å². The maximum Gasteiger partial charge on any atom is 0.0406 e. The number of aryl methyl sites for hydroxylation is 2. The first-order chi connectivity index (χ1) is 8.99. The fourth-order valence-corrected chi connectivity index (χ4v) is 1.94. The van der Waals surface area contributed by atoms with E-state index in [1.165, 1.54) is 23.1 Å². The highest BCUT2D eigenvalue weighted by Gasteiger charge is 1.98. The van der Waals surface area contributed by atoms with Crippen molar-refractivity contribution in [3.05, 3.63) is 70.2 Å². The van der Waals surface area contributed by atoms with E-state index >= 15 is 0 Å². The normalized spacial score (nSPS) is 10.0. The summed E-state index contributed by atoms with van der Waals surface area (Å²) in [6, 6.07) is 16.4. The predicted octanol–water partition coefficient (Wildman–Crippen LogP) is 5.84. The van der Waals surface area contributed by atoms with Gasteiger partial charge in [0.1, 0.15) is 0 Å². The zero-order chi connectivity index (χ0) is 14.3. The average molecular weight is 275 g/mol. The Bertz CT molecular complexity index is 462. The van der Waals surface area contributed by atoms with Crippen molar-refractivity contribution in [2.45, 2.75) is 34.1 Å². The standard InChI is InChI=1S/C11H16.C7H7Cl/c1-9(2)8-11-7-5-4-6-10(11)3;1-6-2-4-7(8)5-3-6/h4-7,9H,8H2,1-3H3;2-5H,1H3. The lowest BCUT2D eigenvalue weighted by molar-refractivity contribution is 0.645. The number of hydrogen-bond donors (Lipinski definition) is 0. The fourth-order valence-electron chi connectivity index (χ4n) is 1.81. The largest absolute Gasteiger partial charge is 0.0843 e. The molecule has 2 aromatic rings. The van der Waals surface area contributed by atoms with Crippen molar-refractivity contribution < 1.29 is 0 Å². The Balaban J connectivity index is 0.000000200. The smallest absolute Gasteiger partial charge is 0.0406 e. The summed E-state index contributed by atoms with van der Waals surface area (Å²) in [7, 11) is 0. The second-order valence-electron chi connectivity index (χ2n) is 5.32. The molecule has 0 nitrogen and oxygen atoms in total. The molecule has 0 saturated carbocycles. The third-order valence-corrected chi connectivity index (χ3v) is 3.15. The Morgan fingerprint density at radius 2 is 1.47 bits per heavy atom. The van der Waals surface area contributed by atoms with Gasteiger partial charge in [-0.3, -0.25) is 0 Å². The first-order valence-electron chi connectivity index (χ1n) is 6.75. The second kappa shape index (κ2) is 8.01. The minimum atomic E-state index is 0.760. The number of hydrogen-bond acceptors (Lipinski definition) is 0. The van der Waals surface area contributed by atoms with Crippen LogP contribution < -0.4 is 0 Å². The number of benzene rings is 2. The van der Waals surface area contributed by atoms with Crippen molar-refractivity contribution in [1.82, 2.24) is 0 Å². The first kappa shape index (κ1) is 15.8. The topological polar surface area (TPSA) is 0 Å². The molecule has 0 fully saturated rings. The van der Waals surface area contributed by atoms with Crippen LogP contribution in [0.2, 0.25) is 5.02 Å². The zero-order valence-electron chi connectivity index (χ0n) is 12.3. The van der Waals surface area contributed by atoms with Crippen LogP contribution in [0.25, 0.3) is 0 Å². The Hall–Kier alpha value is -1.27. The number of rotatable bonds is 2. The molecule has 0 atom stereocenters. The lowest BCUT2D eigenvalue weighted by Crippen LogP contribution is -1.95. The van der Waals surface area contributed by atoms with Crippen LogP contribution in [0.4, 0.5) is 0 Å². The molecule has 0 aromatic heterocycles. The molecular formula is C18H23Cl. The summed E-state index contributed by atoms with van der Waals surface area (Å²) in [4.78, 5) is 0. The molecule has 0 spiro atoms. The van der Waals surface area contributed by atoms with E-state index in [0.29, 0.717) is 0 Å². The molecule has 0 bridgehead atoms. The van der Waals surface area contributed by atoms with E-state index < -0.39 is 0 Å². The highest BCUT2D eigenvalue weighted by atomic mass is 35.5. The van der Waals surface area contributed by atoms with Crippen molar-refractivity contribution in [1.29, 1.82) is 0 Å². The van der Waals surface area contributed by atoms with Crippen LogP contribution in [0.1, 0.15) is 30.5 Å². The Morgan fingerprint density at radius 3 is 1.95 bits per heavy atom. The summed E-state index contributed by atoms with van der Waals surface area (Å²) in [5.41, 5.74) is 4.15. The van der Waals surface area contributed by atoms with E-state index in [-0.39, 0.29) is 0 Å². The lowest BCUT2D eigenvalue weighted by atomic mass is 9.99. The molecule has 19 heavy (non-hydrogen) atoms. The molecule has 0 aliphatic heterocycles. The van der Waals surface area contributed by atoms with Crippen LogP contribution in [-0.2, 0) is 6.42 Å². The summed E-state index contributed by atoms with van der Waals surface area (Å²) < 4.78 is 0.